The van der Waals surface area contributed by atoms with Gasteiger partial charge < -0.3 is 16.4 Å². The van der Waals surface area contributed by atoms with Gasteiger partial charge in [-0.05, 0) is 66.8 Å². The predicted octanol–water partition coefficient (Wildman–Crippen LogP) is 7.36. The second-order valence-corrected chi connectivity index (χ2v) is 10.3. The number of anilines is 3. The van der Waals surface area contributed by atoms with Crippen molar-refractivity contribution in [2.75, 3.05) is 16.4 Å². The topological polar surface area (TPSA) is 86.8 Å². The Kier molecular flexibility index (Phi) is 6.35. The molecule has 2 aromatic carbocycles. The van der Waals surface area contributed by atoms with Gasteiger partial charge in [0.05, 0.1) is 11.2 Å². The molecule has 1 atom stereocenters. The molecule has 2 aliphatic rings. The van der Waals surface area contributed by atoms with Gasteiger partial charge in [0.15, 0.2) is 0 Å². The molecule has 1 saturated carbocycles. The molecule has 0 spiro atoms. The number of aromatic nitrogens is 1. The number of pyridine rings is 1. The zero-order chi connectivity index (χ0) is 24.6. The van der Waals surface area contributed by atoms with E-state index in [9.17, 15) is 5.26 Å². The number of nitrogens with one attached hydrogen (secondary N) is 2. The number of nitrogens with two attached hydrogens (primary N) is 1. The van der Waals surface area contributed by atoms with Gasteiger partial charge in [-0.25, -0.2) is 4.98 Å². The Morgan fingerprint density at radius 2 is 1.66 bits per heavy atom. The molecule has 3 aromatic rings. The lowest BCUT2D eigenvalue weighted by molar-refractivity contribution is 0.462. The number of hydrogen-bond donors (Lipinski definition) is 3. The fourth-order valence-corrected chi connectivity index (χ4v) is 5.37. The van der Waals surface area contributed by atoms with E-state index in [-0.39, 0.29) is 0 Å². The van der Waals surface area contributed by atoms with Crippen LogP contribution in [-0.2, 0) is 5.54 Å². The first-order valence-electron chi connectivity index (χ1n) is 11.9. The van der Waals surface area contributed by atoms with Gasteiger partial charge in [0.25, 0.3) is 0 Å². The lowest BCUT2D eigenvalue weighted by Gasteiger charge is -2.37. The van der Waals surface area contributed by atoms with Crippen molar-refractivity contribution in [2.45, 2.75) is 50.6 Å². The summed E-state index contributed by atoms with van der Waals surface area (Å²) in [5.41, 5.74) is 10.7. The third-order valence-corrected chi connectivity index (χ3v) is 7.47. The van der Waals surface area contributed by atoms with Gasteiger partial charge in [-0.3, -0.25) is 0 Å². The van der Waals surface area contributed by atoms with Crippen LogP contribution in [0.3, 0.4) is 0 Å². The summed E-state index contributed by atoms with van der Waals surface area (Å²) in [4.78, 5) is 4.70. The highest BCUT2D eigenvalue weighted by Gasteiger charge is 2.35. The van der Waals surface area contributed by atoms with E-state index in [1.165, 1.54) is 19.3 Å². The van der Waals surface area contributed by atoms with Gasteiger partial charge >= 0.3 is 0 Å². The molecule has 1 aliphatic heterocycles. The summed E-state index contributed by atoms with van der Waals surface area (Å²) in [5.74, 6) is 0.920. The molecular weight excluding hydrogens is 477 g/mol. The van der Waals surface area contributed by atoms with Gasteiger partial charge in [-0.15, -0.1) is 0 Å². The number of nitriles is 1. The van der Waals surface area contributed by atoms with E-state index in [2.05, 4.69) is 29.7 Å². The maximum Gasteiger partial charge on any atom is 0.148 e. The van der Waals surface area contributed by atoms with Crippen LogP contribution in [0.5, 0.6) is 0 Å². The van der Waals surface area contributed by atoms with Crippen molar-refractivity contribution in [1.29, 1.82) is 5.26 Å². The van der Waals surface area contributed by atoms with Crippen LogP contribution in [0.2, 0.25) is 10.0 Å². The predicted molar refractivity (Wildman–Crippen MR) is 145 cm³/mol. The first-order chi connectivity index (χ1) is 16.9. The summed E-state index contributed by atoms with van der Waals surface area (Å²) in [5, 5.41) is 18.8. The lowest BCUT2D eigenvalue weighted by atomic mass is 9.81. The smallest absolute Gasteiger partial charge is 0.148 e. The number of nitrogen functional groups attached to an aromatic ring is 1. The maximum atomic E-state index is 10.3. The molecule has 5 nitrogen and oxygen atoms in total. The number of fused-ring (bicyclic) bond motifs is 1. The van der Waals surface area contributed by atoms with Crippen LogP contribution < -0.4 is 16.4 Å². The Hall–Kier alpha value is -3.20. The summed E-state index contributed by atoms with van der Waals surface area (Å²) in [7, 11) is 0. The molecule has 178 valence electrons. The molecule has 0 saturated heterocycles. The third-order valence-electron chi connectivity index (χ3n) is 6.97. The number of benzene rings is 2. The van der Waals surface area contributed by atoms with Crippen molar-refractivity contribution < 1.29 is 0 Å². The van der Waals surface area contributed by atoms with Gasteiger partial charge in [0.2, 0.25) is 0 Å². The molecule has 4 N–H and O–H groups in total. The molecule has 0 amide bonds. The van der Waals surface area contributed by atoms with E-state index >= 15 is 0 Å². The Labute approximate surface area is 216 Å². The van der Waals surface area contributed by atoms with Crippen LogP contribution in [0.25, 0.3) is 5.57 Å². The SMILES string of the molecule is CC1(c2ccc(Cl)cc2)C=C(c2ccc(Cl)cc2)c2c(N)nc(NC3CCCCC3)c(C#N)c2N1. The van der Waals surface area contributed by atoms with E-state index in [0.29, 0.717) is 39.0 Å². The second kappa shape index (κ2) is 9.45. The number of nitrogens with zero attached hydrogens (tertiary/aromatic N) is 2. The highest BCUT2D eigenvalue weighted by atomic mass is 35.5. The van der Waals surface area contributed by atoms with E-state index in [1.54, 1.807) is 0 Å². The minimum absolute atomic E-state index is 0.290. The molecule has 5 rings (SSSR count). The highest BCUT2D eigenvalue weighted by Crippen LogP contribution is 2.47. The fourth-order valence-electron chi connectivity index (χ4n) is 5.12. The Morgan fingerprint density at radius 3 is 2.29 bits per heavy atom. The number of hydrogen-bond acceptors (Lipinski definition) is 5. The Balaban J connectivity index is 1.69. The number of rotatable bonds is 4. The molecule has 0 radical (unpaired) electrons. The van der Waals surface area contributed by atoms with Crippen LogP contribution in [0.15, 0.2) is 54.6 Å². The average molecular weight is 504 g/mol. The van der Waals surface area contributed by atoms with Crippen molar-refractivity contribution in [3.8, 4) is 6.07 Å². The normalized spacial score (nSPS) is 19.8. The van der Waals surface area contributed by atoms with Crippen LogP contribution in [0.1, 0.15) is 61.3 Å². The molecule has 7 heteroatoms. The van der Waals surface area contributed by atoms with Crippen LogP contribution in [0, 0.1) is 11.3 Å². The van der Waals surface area contributed by atoms with E-state index in [1.807, 2.05) is 48.5 Å². The molecule has 2 heterocycles. The monoisotopic (exact) mass is 503 g/mol. The van der Waals surface area contributed by atoms with Crippen LogP contribution in [-0.4, -0.2) is 11.0 Å². The summed E-state index contributed by atoms with van der Waals surface area (Å²) in [6.45, 7) is 2.08. The zero-order valence-electron chi connectivity index (χ0n) is 19.5. The molecular formula is C28H27Cl2N5. The van der Waals surface area contributed by atoms with Gasteiger partial charge in [0.1, 0.15) is 23.3 Å². The van der Waals surface area contributed by atoms with E-state index < -0.39 is 5.54 Å². The quantitative estimate of drug-likeness (QED) is 0.346. The summed E-state index contributed by atoms with van der Waals surface area (Å²) >= 11 is 12.4. The van der Waals surface area contributed by atoms with Crippen LogP contribution >= 0.6 is 23.2 Å². The van der Waals surface area contributed by atoms with Crippen molar-refractivity contribution in [2.24, 2.45) is 0 Å². The summed E-state index contributed by atoms with van der Waals surface area (Å²) in [6.07, 6.45) is 7.87. The number of halogens is 2. The van der Waals surface area contributed by atoms with Gasteiger partial charge in [-0.1, -0.05) is 66.7 Å². The molecule has 1 fully saturated rings. The first kappa shape index (κ1) is 23.5. The van der Waals surface area contributed by atoms with Crippen molar-refractivity contribution >= 4 is 46.1 Å². The Morgan fingerprint density at radius 1 is 1.03 bits per heavy atom. The minimum Gasteiger partial charge on any atom is -0.383 e. The van der Waals surface area contributed by atoms with Gasteiger partial charge in [-0.2, -0.15) is 5.26 Å². The zero-order valence-corrected chi connectivity index (χ0v) is 21.0. The largest absolute Gasteiger partial charge is 0.383 e. The summed E-state index contributed by atoms with van der Waals surface area (Å²) < 4.78 is 0. The van der Waals surface area contributed by atoms with E-state index in [4.69, 9.17) is 33.9 Å². The molecule has 1 unspecified atom stereocenters. The fraction of sp³-hybridized carbons (Fsp3) is 0.286. The van der Waals surface area contributed by atoms with Crippen molar-refractivity contribution in [1.82, 2.24) is 4.98 Å². The highest BCUT2D eigenvalue weighted by molar-refractivity contribution is 6.30. The molecule has 1 aromatic heterocycles. The van der Waals surface area contributed by atoms with E-state index in [0.717, 1.165) is 35.1 Å². The average Bonchev–Trinajstić information content (AvgIpc) is 2.85. The minimum atomic E-state index is -0.617. The van der Waals surface area contributed by atoms with Crippen molar-refractivity contribution in [3.05, 3.63) is 86.9 Å². The standard InChI is InChI=1S/C28H27Cl2N5/c1-28(18-9-13-20(30)14-10-18)15-22(17-7-11-19(29)12-8-17)24-25(35-28)23(16-31)27(34-26(24)32)33-21-5-3-2-4-6-21/h7-15,21,35H,2-6H2,1H3,(H3,32,33,34). The Bertz CT molecular complexity index is 1320. The third kappa shape index (κ3) is 4.57. The summed E-state index contributed by atoms with van der Waals surface area (Å²) in [6, 6.07) is 18.1. The molecule has 35 heavy (non-hydrogen) atoms. The maximum absolute atomic E-state index is 10.3. The lowest BCUT2D eigenvalue weighted by Crippen LogP contribution is -2.34. The molecule has 0 bridgehead atoms. The first-order valence-corrected chi connectivity index (χ1v) is 12.7. The van der Waals surface area contributed by atoms with Gasteiger partial charge in [0, 0.05) is 21.7 Å². The van der Waals surface area contributed by atoms with Crippen LogP contribution in [0.4, 0.5) is 17.3 Å². The molecule has 1 aliphatic carbocycles. The van der Waals surface area contributed by atoms with Crippen molar-refractivity contribution in [3.63, 3.8) is 0 Å². The second-order valence-electron chi connectivity index (χ2n) is 9.46.